The molecule has 1 aromatic carbocycles. The van der Waals surface area contributed by atoms with E-state index in [2.05, 4.69) is 42.5 Å². The van der Waals surface area contributed by atoms with Gasteiger partial charge >= 0.3 is 5.97 Å². The molecule has 0 radical (unpaired) electrons. The van der Waals surface area contributed by atoms with Gasteiger partial charge in [0.25, 0.3) is 0 Å². The van der Waals surface area contributed by atoms with Gasteiger partial charge in [0.05, 0.1) is 12.5 Å². The summed E-state index contributed by atoms with van der Waals surface area (Å²) in [7, 11) is 1.77. The third kappa shape index (κ3) is 4.84. The normalized spacial score (nSPS) is 17.6. The van der Waals surface area contributed by atoms with E-state index >= 15 is 0 Å². The summed E-state index contributed by atoms with van der Waals surface area (Å²) in [6, 6.07) is 8.11. The zero-order valence-corrected chi connectivity index (χ0v) is 15.8. The minimum absolute atomic E-state index is 0.0907. The number of carbonyl (C=O) groups excluding carboxylic acids is 1. The second-order valence-corrected chi connectivity index (χ2v) is 6.47. The van der Waals surface area contributed by atoms with Crippen molar-refractivity contribution in [3.63, 3.8) is 0 Å². The molecule has 0 aliphatic carbocycles. The van der Waals surface area contributed by atoms with Gasteiger partial charge in [0.15, 0.2) is 11.8 Å². The highest BCUT2D eigenvalue weighted by molar-refractivity contribution is 5.81. The molecule has 0 bridgehead atoms. The molecule has 1 aliphatic heterocycles. The number of likely N-dealkylation sites (tertiary alicyclic amines) is 1. The standard InChI is InChI=1S/C19H26N6O2/c1-3-27-18(26)16-8-5-9-25(12-16)19(20-2)21-11-14-6-4-7-15(10-14)17-22-13-23-24-17/h4,6-7,10,13,16H,3,5,8-9,11-12H2,1-2H3,(H,20,21)(H,22,23,24). The summed E-state index contributed by atoms with van der Waals surface area (Å²) in [4.78, 5) is 22.8. The van der Waals surface area contributed by atoms with E-state index in [9.17, 15) is 4.79 Å². The van der Waals surface area contributed by atoms with E-state index in [1.54, 1.807) is 7.05 Å². The Balaban J connectivity index is 1.61. The summed E-state index contributed by atoms with van der Waals surface area (Å²) in [6.45, 7) is 4.41. The second-order valence-electron chi connectivity index (χ2n) is 6.47. The first kappa shape index (κ1) is 18.9. The summed E-state index contributed by atoms with van der Waals surface area (Å²) < 4.78 is 5.18. The fourth-order valence-corrected chi connectivity index (χ4v) is 3.31. The Morgan fingerprint density at radius 1 is 1.48 bits per heavy atom. The Kier molecular flexibility index (Phi) is 6.40. The van der Waals surface area contributed by atoms with Crippen LogP contribution in [0.15, 0.2) is 35.6 Å². The van der Waals surface area contributed by atoms with Crippen molar-refractivity contribution in [2.45, 2.75) is 26.3 Å². The zero-order valence-electron chi connectivity index (χ0n) is 15.8. The number of aromatic nitrogens is 3. The van der Waals surface area contributed by atoms with Gasteiger partial charge in [0.1, 0.15) is 6.33 Å². The highest BCUT2D eigenvalue weighted by atomic mass is 16.5. The number of hydrogen-bond donors (Lipinski definition) is 2. The Labute approximate surface area is 159 Å². The number of benzene rings is 1. The number of rotatable bonds is 5. The average Bonchev–Trinajstić information content (AvgIpc) is 3.24. The number of carbonyl (C=O) groups is 1. The summed E-state index contributed by atoms with van der Waals surface area (Å²) in [6.07, 6.45) is 3.31. The monoisotopic (exact) mass is 370 g/mol. The number of H-pyrrole nitrogens is 1. The molecule has 2 aromatic rings. The van der Waals surface area contributed by atoms with Gasteiger partial charge in [0.2, 0.25) is 0 Å². The Morgan fingerprint density at radius 3 is 3.11 bits per heavy atom. The largest absolute Gasteiger partial charge is 0.466 e. The van der Waals surface area contributed by atoms with Crippen molar-refractivity contribution in [2.24, 2.45) is 10.9 Å². The maximum Gasteiger partial charge on any atom is 0.310 e. The van der Waals surface area contributed by atoms with Crippen LogP contribution in [0.2, 0.25) is 0 Å². The first-order chi connectivity index (χ1) is 13.2. The van der Waals surface area contributed by atoms with Crippen molar-refractivity contribution in [2.75, 3.05) is 26.7 Å². The molecule has 1 aliphatic rings. The maximum absolute atomic E-state index is 12.1. The summed E-state index contributed by atoms with van der Waals surface area (Å²) in [5.41, 5.74) is 2.10. The molecule has 8 nitrogen and oxygen atoms in total. The van der Waals surface area contributed by atoms with E-state index in [1.807, 2.05) is 19.1 Å². The van der Waals surface area contributed by atoms with E-state index in [0.29, 0.717) is 19.7 Å². The molecule has 8 heteroatoms. The van der Waals surface area contributed by atoms with Crippen molar-refractivity contribution in [3.8, 4) is 11.4 Å². The van der Waals surface area contributed by atoms with Crippen molar-refractivity contribution in [1.82, 2.24) is 25.4 Å². The molecule has 0 saturated carbocycles. The van der Waals surface area contributed by atoms with Crippen LogP contribution >= 0.6 is 0 Å². The summed E-state index contributed by atoms with van der Waals surface area (Å²) >= 11 is 0. The lowest BCUT2D eigenvalue weighted by Crippen LogP contribution is -2.48. The number of guanidine groups is 1. The van der Waals surface area contributed by atoms with Crippen LogP contribution in [0.25, 0.3) is 11.4 Å². The van der Waals surface area contributed by atoms with Crippen LogP contribution in [-0.2, 0) is 16.1 Å². The van der Waals surface area contributed by atoms with Crippen LogP contribution in [0.4, 0.5) is 0 Å². The minimum atomic E-state index is -0.114. The number of esters is 1. The van der Waals surface area contributed by atoms with Gasteiger partial charge in [-0.15, -0.1) is 0 Å². The first-order valence-corrected chi connectivity index (χ1v) is 9.28. The van der Waals surface area contributed by atoms with Gasteiger partial charge in [-0.1, -0.05) is 18.2 Å². The SMILES string of the molecule is CCOC(=O)C1CCCN(C(=NC)NCc2cccc(-c3ncn[nH]3)c2)C1. The van der Waals surface area contributed by atoms with Crippen molar-refractivity contribution >= 4 is 11.9 Å². The molecular weight excluding hydrogens is 344 g/mol. The van der Waals surface area contributed by atoms with Crippen LogP contribution in [0.1, 0.15) is 25.3 Å². The maximum atomic E-state index is 12.1. The number of nitrogens with one attached hydrogen (secondary N) is 2. The first-order valence-electron chi connectivity index (χ1n) is 9.28. The van der Waals surface area contributed by atoms with Gasteiger partial charge in [-0.05, 0) is 31.4 Å². The average molecular weight is 370 g/mol. The quantitative estimate of drug-likeness (QED) is 0.474. The highest BCUT2D eigenvalue weighted by Crippen LogP contribution is 2.19. The summed E-state index contributed by atoms with van der Waals surface area (Å²) in [5.74, 6) is 1.34. The number of piperidine rings is 1. The topological polar surface area (TPSA) is 95.5 Å². The molecule has 1 atom stereocenters. The Morgan fingerprint density at radius 2 is 2.37 bits per heavy atom. The fraction of sp³-hybridized carbons (Fsp3) is 0.474. The molecule has 2 heterocycles. The second kappa shape index (κ2) is 9.16. The van der Waals surface area contributed by atoms with Crippen molar-refractivity contribution in [3.05, 3.63) is 36.2 Å². The molecular formula is C19H26N6O2. The van der Waals surface area contributed by atoms with E-state index in [1.165, 1.54) is 6.33 Å². The van der Waals surface area contributed by atoms with Crippen LogP contribution in [0.3, 0.4) is 0 Å². The number of aromatic amines is 1. The predicted octanol–water partition coefficient (Wildman–Crippen LogP) is 1.82. The van der Waals surface area contributed by atoms with Gasteiger partial charge in [-0.3, -0.25) is 14.9 Å². The smallest absolute Gasteiger partial charge is 0.310 e. The highest BCUT2D eigenvalue weighted by Gasteiger charge is 2.28. The Bertz CT molecular complexity index is 774. The van der Waals surface area contributed by atoms with Crippen LogP contribution < -0.4 is 5.32 Å². The van der Waals surface area contributed by atoms with Crippen LogP contribution in [0.5, 0.6) is 0 Å². The molecule has 27 heavy (non-hydrogen) atoms. The van der Waals surface area contributed by atoms with Gasteiger partial charge < -0.3 is 15.0 Å². The lowest BCUT2D eigenvalue weighted by atomic mass is 9.98. The molecule has 1 unspecified atom stereocenters. The van der Waals surface area contributed by atoms with Crippen molar-refractivity contribution < 1.29 is 9.53 Å². The van der Waals surface area contributed by atoms with Gasteiger partial charge in [-0.25, -0.2) is 4.98 Å². The van der Waals surface area contributed by atoms with Gasteiger partial charge in [0, 0.05) is 32.2 Å². The van der Waals surface area contributed by atoms with Crippen molar-refractivity contribution in [1.29, 1.82) is 0 Å². The van der Waals surface area contributed by atoms with E-state index < -0.39 is 0 Å². The van der Waals surface area contributed by atoms with Gasteiger partial charge in [-0.2, -0.15) is 5.10 Å². The molecule has 1 fully saturated rings. The molecule has 1 aromatic heterocycles. The Hall–Kier alpha value is -2.90. The predicted molar refractivity (Wildman–Crippen MR) is 103 cm³/mol. The third-order valence-corrected chi connectivity index (χ3v) is 4.62. The molecule has 0 amide bonds. The van der Waals surface area contributed by atoms with Crippen LogP contribution in [-0.4, -0.2) is 58.8 Å². The lowest BCUT2D eigenvalue weighted by molar-refractivity contribution is -0.149. The molecule has 3 rings (SSSR count). The molecule has 144 valence electrons. The third-order valence-electron chi connectivity index (χ3n) is 4.62. The van der Waals surface area contributed by atoms with E-state index in [-0.39, 0.29) is 11.9 Å². The molecule has 2 N–H and O–H groups in total. The number of nitrogens with zero attached hydrogens (tertiary/aromatic N) is 4. The van der Waals surface area contributed by atoms with E-state index in [4.69, 9.17) is 4.74 Å². The fourth-order valence-electron chi connectivity index (χ4n) is 3.31. The number of hydrogen-bond acceptors (Lipinski definition) is 5. The van der Waals surface area contributed by atoms with Crippen LogP contribution in [0, 0.1) is 5.92 Å². The molecule has 0 spiro atoms. The minimum Gasteiger partial charge on any atom is -0.466 e. The number of ether oxygens (including phenoxy) is 1. The molecule has 1 saturated heterocycles. The van der Waals surface area contributed by atoms with E-state index in [0.717, 1.165) is 42.3 Å². The number of aliphatic imine (C=N–C) groups is 1. The summed E-state index contributed by atoms with van der Waals surface area (Å²) in [5, 5.41) is 10.2. The zero-order chi connectivity index (χ0) is 19.1. The lowest BCUT2D eigenvalue weighted by Gasteiger charge is -2.34.